The van der Waals surface area contributed by atoms with Gasteiger partial charge in [-0.25, -0.2) is 0 Å². The van der Waals surface area contributed by atoms with Gasteiger partial charge in [-0.15, -0.1) is 0 Å². The molecule has 2 nitrogen and oxygen atoms in total. The molecule has 2 aliphatic rings. The first kappa shape index (κ1) is 11.4. The molecule has 3 heteroatoms. The zero-order valence-corrected chi connectivity index (χ0v) is 10.9. The van der Waals surface area contributed by atoms with Crippen molar-refractivity contribution in [2.45, 2.75) is 48.7 Å². The minimum absolute atomic E-state index is 0.208. The second-order valence-corrected chi connectivity index (χ2v) is 7.45. The smallest absolute Gasteiger partial charge is 0.0919 e. The molecule has 0 spiro atoms. The molecule has 0 amide bonds. The number of rotatable bonds is 1. The predicted octanol–water partition coefficient (Wildman–Crippen LogP) is 2.26. The summed E-state index contributed by atoms with van der Waals surface area (Å²) in [5, 5.41) is 11.2. The summed E-state index contributed by atoms with van der Waals surface area (Å²) in [5.74, 6) is 0. The summed E-state index contributed by atoms with van der Waals surface area (Å²) < 4.78 is 12.0. The van der Waals surface area contributed by atoms with Gasteiger partial charge in [0, 0.05) is 21.3 Å². The van der Waals surface area contributed by atoms with Crippen LogP contribution >= 0.6 is 0 Å². The lowest BCUT2D eigenvalue weighted by molar-refractivity contribution is 0.0184. The van der Waals surface area contributed by atoms with E-state index in [2.05, 4.69) is 0 Å². The van der Waals surface area contributed by atoms with Crippen LogP contribution in [0, 0.1) is 6.92 Å². The second-order valence-electron chi connectivity index (χ2n) is 5.46. The highest BCUT2D eigenvalue weighted by Gasteiger charge is 2.48. The molecular formula is C14H18O2S. The number of hydrogen-bond acceptors (Lipinski definition) is 2. The second kappa shape index (κ2) is 3.92. The topological polar surface area (TPSA) is 37.3 Å². The molecule has 1 aromatic rings. The first-order chi connectivity index (χ1) is 8.08. The Labute approximate surface area is 105 Å². The molecule has 0 aliphatic carbocycles. The van der Waals surface area contributed by atoms with Gasteiger partial charge >= 0.3 is 0 Å². The Kier molecular flexibility index (Phi) is 2.64. The van der Waals surface area contributed by atoms with E-state index in [0.717, 1.165) is 18.4 Å². The van der Waals surface area contributed by atoms with Crippen molar-refractivity contribution in [3.8, 4) is 0 Å². The summed E-state index contributed by atoms with van der Waals surface area (Å²) in [5.41, 5.74) is 1.46. The van der Waals surface area contributed by atoms with Crippen molar-refractivity contribution in [1.29, 1.82) is 0 Å². The minimum Gasteiger partial charge on any atom is -0.385 e. The first-order valence-corrected chi connectivity index (χ1v) is 7.55. The summed E-state index contributed by atoms with van der Waals surface area (Å²) in [6.07, 6.45) is 3.37. The van der Waals surface area contributed by atoms with E-state index < -0.39 is 16.4 Å². The van der Waals surface area contributed by atoms with Crippen LogP contribution in [0.15, 0.2) is 24.3 Å². The first-order valence-electron chi connectivity index (χ1n) is 6.27. The van der Waals surface area contributed by atoms with Crippen molar-refractivity contribution >= 4 is 10.8 Å². The number of aliphatic hydroxyl groups is 1. The molecule has 1 N–H and O–H groups in total. The standard InChI is InChI=1S/C14H18O2S/c1-10-2-4-11(5-3-10)14(15)8-12-6-7-13(9-14)17(12)16/h2-5,12-13,15H,6-9H2,1H3. The molecular weight excluding hydrogens is 232 g/mol. The molecule has 2 atom stereocenters. The lowest BCUT2D eigenvalue weighted by atomic mass is 9.85. The van der Waals surface area contributed by atoms with E-state index in [1.807, 2.05) is 31.2 Å². The Morgan fingerprint density at radius 1 is 1.18 bits per heavy atom. The van der Waals surface area contributed by atoms with Crippen LogP contribution in [-0.4, -0.2) is 19.8 Å². The van der Waals surface area contributed by atoms with Gasteiger partial charge in [-0.3, -0.25) is 4.21 Å². The number of aryl methyl sites for hydroxylation is 1. The Balaban J connectivity index is 1.92. The summed E-state index contributed by atoms with van der Waals surface area (Å²) in [6, 6.07) is 8.12. The molecule has 17 heavy (non-hydrogen) atoms. The molecule has 3 rings (SSSR count). The summed E-state index contributed by atoms with van der Waals surface area (Å²) >= 11 is 0. The van der Waals surface area contributed by atoms with Crippen molar-refractivity contribution in [3.05, 3.63) is 35.4 Å². The summed E-state index contributed by atoms with van der Waals surface area (Å²) in [4.78, 5) is 0. The van der Waals surface area contributed by atoms with Crippen LogP contribution in [0.2, 0.25) is 0 Å². The molecule has 0 saturated carbocycles. The zero-order valence-electron chi connectivity index (χ0n) is 10.1. The van der Waals surface area contributed by atoms with Gasteiger partial charge in [0.15, 0.2) is 0 Å². The van der Waals surface area contributed by atoms with E-state index in [4.69, 9.17) is 0 Å². The van der Waals surface area contributed by atoms with Crippen LogP contribution in [-0.2, 0) is 16.4 Å². The third-order valence-electron chi connectivity index (χ3n) is 4.19. The maximum absolute atomic E-state index is 12.0. The van der Waals surface area contributed by atoms with E-state index >= 15 is 0 Å². The fraction of sp³-hybridized carbons (Fsp3) is 0.571. The molecule has 2 saturated heterocycles. The molecule has 2 heterocycles. The Morgan fingerprint density at radius 3 is 2.24 bits per heavy atom. The largest absolute Gasteiger partial charge is 0.385 e. The maximum atomic E-state index is 12.0. The predicted molar refractivity (Wildman–Crippen MR) is 69.3 cm³/mol. The minimum atomic E-state index is -0.743. The highest BCUT2D eigenvalue weighted by atomic mass is 32.2. The summed E-state index contributed by atoms with van der Waals surface area (Å²) in [7, 11) is -0.703. The fourth-order valence-corrected chi connectivity index (χ4v) is 5.34. The Morgan fingerprint density at radius 2 is 1.71 bits per heavy atom. The monoisotopic (exact) mass is 250 g/mol. The average molecular weight is 250 g/mol. The summed E-state index contributed by atoms with van der Waals surface area (Å²) in [6.45, 7) is 2.05. The maximum Gasteiger partial charge on any atom is 0.0919 e. The quantitative estimate of drug-likeness (QED) is 0.830. The van der Waals surface area contributed by atoms with Crippen molar-refractivity contribution in [1.82, 2.24) is 0 Å². The van der Waals surface area contributed by atoms with Gasteiger partial charge in [0.1, 0.15) is 0 Å². The number of benzene rings is 1. The zero-order chi connectivity index (χ0) is 12.0. The van der Waals surface area contributed by atoms with Crippen molar-refractivity contribution < 1.29 is 9.32 Å². The van der Waals surface area contributed by atoms with Gasteiger partial charge < -0.3 is 5.11 Å². The van der Waals surface area contributed by atoms with Gasteiger partial charge in [0.2, 0.25) is 0 Å². The third kappa shape index (κ3) is 1.85. The van der Waals surface area contributed by atoms with Crippen LogP contribution in [0.3, 0.4) is 0 Å². The highest BCUT2D eigenvalue weighted by Crippen LogP contribution is 2.45. The molecule has 2 fully saturated rings. The molecule has 1 aromatic carbocycles. The Hall–Kier alpha value is -0.670. The molecule has 2 unspecified atom stereocenters. The molecule has 2 aliphatic heterocycles. The van der Waals surface area contributed by atoms with E-state index in [1.54, 1.807) is 0 Å². The van der Waals surface area contributed by atoms with Crippen molar-refractivity contribution in [2.75, 3.05) is 0 Å². The Bertz CT molecular complexity index is 436. The highest BCUT2D eigenvalue weighted by molar-refractivity contribution is 7.86. The number of fused-ring (bicyclic) bond motifs is 2. The molecule has 0 radical (unpaired) electrons. The fourth-order valence-electron chi connectivity index (χ4n) is 3.18. The normalized spacial score (nSPS) is 40.5. The van der Waals surface area contributed by atoms with Crippen molar-refractivity contribution in [2.24, 2.45) is 0 Å². The van der Waals surface area contributed by atoms with Gasteiger partial charge in [-0.05, 0) is 38.2 Å². The number of hydrogen-bond donors (Lipinski definition) is 1. The van der Waals surface area contributed by atoms with Gasteiger partial charge in [-0.1, -0.05) is 29.8 Å². The van der Waals surface area contributed by atoms with E-state index in [0.29, 0.717) is 12.8 Å². The van der Waals surface area contributed by atoms with Crippen molar-refractivity contribution in [3.63, 3.8) is 0 Å². The van der Waals surface area contributed by atoms with Crippen LogP contribution in [0.1, 0.15) is 36.8 Å². The lowest BCUT2D eigenvalue weighted by Crippen LogP contribution is -2.40. The van der Waals surface area contributed by atoms with E-state index in [9.17, 15) is 9.32 Å². The van der Waals surface area contributed by atoms with Gasteiger partial charge in [-0.2, -0.15) is 0 Å². The average Bonchev–Trinajstić information content (AvgIpc) is 2.53. The van der Waals surface area contributed by atoms with Crippen LogP contribution in [0.5, 0.6) is 0 Å². The van der Waals surface area contributed by atoms with Crippen LogP contribution in [0.25, 0.3) is 0 Å². The SMILES string of the molecule is Cc1ccc(C2(O)CC3CCC(C2)S3=O)cc1. The van der Waals surface area contributed by atoms with Gasteiger partial charge in [0.05, 0.1) is 5.60 Å². The molecule has 0 aromatic heterocycles. The molecule has 92 valence electrons. The van der Waals surface area contributed by atoms with E-state index in [-0.39, 0.29) is 10.5 Å². The lowest BCUT2D eigenvalue weighted by Gasteiger charge is -2.36. The third-order valence-corrected chi connectivity index (χ3v) is 6.31. The van der Waals surface area contributed by atoms with Crippen LogP contribution < -0.4 is 0 Å². The molecule has 2 bridgehead atoms. The van der Waals surface area contributed by atoms with E-state index in [1.165, 1.54) is 5.56 Å². The van der Waals surface area contributed by atoms with Gasteiger partial charge in [0.25, 0.3) is 0 Å². The van der Waals surface area contributed by atoms with Crippen LogP contribution in [0.4, 0.5) is 0 Å².